The number of hydrogen-bond acceptors (Lipinski definition) is 8. The lowest BCUT2D eigenvalue weighted by atomic mass is 9.78. The van der Waals surface area contributed by atoms with Crippen molar-refractivity contribution in [3.05, 3.63) is 0 Å². The Morgan fingerprint density at radius 3 is 1.92 bits per heavy atom. The maximum Gasteiger partial charge on any atom is 0.306 e. The van der Waals surface area contributed by atoms with E-state index in [2.05, 4.69) is 89.3 Å². The van der Waals surface area contributed by atoms with Crippen LogP contribution in [0.15, 0.2) is 0 Å². The van der Waals surface area contributed by atoms with Gasteiger partial charge in [0.15, 0.2) is 30.7 Å². The first kappa shape index (κ1) is 42.6. The third-order valence-corrected chi connectivity index (χ3v) is 27.5. The molecule has 0 saturated carbocycles. The molecule has 4 fully saturated rings. The van der Waals surface area contributed by atoms with Gasteiger partial charge in [-0.15, -0.1) is 0 Å². The minimum atomic E-state index is -2.00. The number of carbonyl (C=O) groups is 1. The number of ether oxygens (including phenoxy) is 4. The number of aliphatic carboxylic acids is 1. The number of carboxylic acid groups (broad SMARTS) is 1. The number of fused-ring (bicyclic) bond motifs is 2. The number of carboxylic acids is 1. The Bertz CT molecular complexity index is 1090. The van der Waals surface area contributed by atoms with Crippen LogP contribution in [0.4, 0.5) is 0 Å². The normalized spacial score (nSPS) is 35.9. The van der Waals surface area contributed by atoms with Gasteiger partial charge in [0, 0.05) is 25.7 Å². The van der Waals surface area contributed by atoms with Gasteiger partial charge in [-0.25, -0.2) is 0 Å². The van der Waals surface area contributed by atoms with Crippen molar-refractivity contribution in [2.75, 3.05) is 6.61 Å². The van der Waals surface area contributed by atoms with Crippen LogP contribution in [0.25, 0.3) is 0 Å². The van der Waals surface area contributed by atoms with Gasteiger partial charge in [0.05, 0.1) is 61.9 Å². The van der Waals surface area contributed by atoms with Gasteiger partial charge in [0.1, 0.15) is 0 Å². The average Bonchev–Trinajstić information content (AvgIpc) is 3.46. The highest BCUT2D eigenvalue weighted by molar-refractivity contribution is 6.74. The van der Waals surface area contributed by atoms with Gasteiger partial charge >= 0.3 is 5.97 Å². The second kappa shape index (κ2) is 16.7. The molecule has 4 aliphatic heterocycles. The van der Waals surface area contributed by atoms with Crippen molar-refractivity contribution in [3.8, 4) is 0 Å². The Balaban J connectivity index is 1.52. The van der Waals surface area contributed by atoms with Gasteiger partial charge in [-0.1, -0.05) is 76.2 Å². The molecule has 0 aromatic carbocycles. The zero-order valence-electron chi connectivity index (χ0n) is 34.0. The van der Waals surface area contributed by atoms with Crippen molar-refractivity contribution in [1.29, 1.82) is 0 Å². The Morgan fingerprint density at radius 2 is 1.38 bits per heavy atom. The summed E-state index contributed by atoms with van der Waals surface area (Å²) in [4.78, 5) is 12.1. The predicted molar refractivity (Wildman–Crippen MR) is 206 cm³/mol. The fourth-order valence-electron chi connectivity index (χ4n) is 8.96. The fourth-order valence-corrected chi connectivity index (χ4v) is 15.8. The molecule has 0 radical (unpaired) electrons. The molecule has 4 aliphatic rings. The van der Waals surface area contributed by atoms with Crippen LogP contribution in [0, 0.1) is 11.8 Å². The van der Waals surface area contributed by atoms with Gasteiger partial charge in [-0.3, -0.25) is 4.79 Å². The van der Waals surface area contributed by atoms with Crippen LogP contribution in [-0.4, -0.2) is 97.3 Å². The van der Waals surface area contributed by atoms with Crippen molar-refractivity contribution in [1.82, 2.24) is 0 Å². The molecule has 4 heterocycles. The molecule has 4 rings (SSSR count). The zero-order chi connectivity index (χ0) is 37.3. The van der Waals surface area contributed by atoms with E-state index in [1.54, 1.807) is 0 Å². The first-order valence-corrected chi connectivity index (χ1v) is 28.2. The van der Waals surface area contributed by atoms with E-state index in [9.17, 15) is 9.90 Å². The van der Waals surface area contributed by atoms with E-state index in [0.29, 0.717) is 19.4 Å². The minimum Gasteiger partial charge on any atom is -0.481 e. The van der Waals surface area contributed by atoms with Crippen molar-refractivity contribution >= 4 is 30.9 Å². The summed E-state index contributed by atoms with van der Waals surface area (Å²) in [6, 6.07) is 6.28. The molecule has 0 aliphatic carbocycles. The first-order chi connectivity index (χ1) is 23.3. The predicted octanol–water partition coefficient (Wildman–Crippen LogP) is 9.13. The molecule has 0 aromatic rings. The molecule has 11 atom stereocenters. The molecule has 4 unspecified atom stereocenters. The number of rotatable bonds is 16. The Hall–Kier alpha value is -0.159. The van der Waals surface area contributed by atoms with Crippen LogP contribution < -0.4 is 0 Å². The maximum atomic E-state index is 12.1. The standard InChI is InChI=1S/C38H74O9Si3/c1-14-49(15-2,16-3)46-33(25-41-48(12,13)37(9,10)11)30-20-29-28(42-30)21-31-35(43-29)26(7)23-38(44-31)24-27(8)36(32(45-38)22-34(39)40)47-50(17-4,18-5)19-6/h26-33,35-36H,14-25H2,1-13H3,(H,39,40)/t26-,27-,28+,29+,30?,31-,32?,33?,35-,36?,38+/m0/s1. The maximum absolute atomic E-state index is 12.1. The van der Waals surface area contributed by atoms with Crippen molar-refractivity contribution in [2.24, 2.45) is 11.8 Å². The average molecular weight is 759 g/mol. The summed E-state index contributed by atoms with van der Waals surface area (Å²) in [6.07, 6.45) is 1.39. The molecule has 0 aromatic heterocycles. The Kier molecular flexibility index (Phi) is 14.2. The van der Waals surface area contributed by atoms with Crippen molar-refractivity contribution in [3.63, 3.8) is 0 Å². The molecule has 9 nitrogen and oxygen atoms in total. The SMILES string of the molecule is CC[Si](CC)(CC)OC(CO[Si](C)(C)C(C)(C)C)C1C[C@H]2O[C@@H]3[C@H](C[C@H]2O1)O[C@]1(C[C@H](C)C(O[Si](CC)(CC)CC)C(CC(=O)O)O1)C[C@@H]3C. The summed E-state index contributed by atoms with van der Waals surface area (Å²) < 4.78 is 48.6. The highest BCUT2D eigenvalue weighted by Crippen LogP contribution is 2.50. The van der Waals surface area contributed by atoms with Crippen LogP contribution in [0.2, 0.25) is 54.4 Å². The summed E-state index contributed by atoms with van der Waals surface area (Å²) in [5.74, 6) is -1.43. The van der Waals surface area contributed by atoms with E-state index in [1.165, 1.54) is 0 Å². The lowest BCUT2D eigenvalue weighted by Crippen LogP contribution is -2.64. The molecule has 1 spiro atoms. The van der Waals surface area contributed by atoms with E-state index >= 15 is 0 Å². The zero-order valence-corrected chi connectivity index (χ0v) is 37.0. The quantitative estimate of drug-likeness (QED) is 0.155. The van der Waals surface area contributed by atoms with Crippen LogP contribution in [0.5, 0.6) is 0 Å². The van der Waals surface area contributed by atoms with E-state index in [4.69, 9.17) is 32.2 Å². The second-order valence-electron chi connectivity index (χ2n) is 17.8. The van der Waals surface area contributed by atoms with E-state index in [-0.39, 0.29) is 66.0 Å². The lowest BCUT2D eigenvalue weighted by molar-refractivity contribution is -0.372. The molecular formula is C38H74O9Si3. The highest BCUT2D eigenvalue weighted by Gasteiger charge is 2.58. The van der Waals surface area contributed by atoms with Gasteiger partial charge in [0.25, 0.3) is 0 Å². The largest absolute Gasteiger partial charge is 0.481 e. The summed E-state index contributed by atoms with van der Waals surface area (Å²) in [6.45, 7) is 29.9. The summed E-state index contributed by atoms with van der Waals surface area (Å²) in [5.41, 5.74) is 0. The van der Waals surface area contributed by atoms with Gasteiger partial charge < -0.3 is 37.3 Å². The summed E-state index contributed by atoms with van der Waals surface area (Å²) in [5, 5.41) is 10.1. The lowest BCUT2D eigenvalue weighted by Gasteiger charge is -2.56. The van der Waals surface area contributed by atoms with Crippen LogP contribution >= 0.6 is 0 Å². The second-order valence-corrected chi connectivity index (χ2v) is 32.1. The van der Waals surface area contributed by atoms with E-state index in [1.807, 2.05) is 0 Å². The van der Waals surface area contributed by atoms with Crippen LogP contribution in [-0.2, 0) is 37.0 Å². The molecule has 50 heavy (non-hydrogen) atoms. The van der Waals surface area contributed by atoms with Gasteiger partial charge in [-0.2, -0.15) is 0 Å². The summed E-state index contributed by atoms with van der Waals surface area (Å²) >= 11 is 0. The molecule has 292 valence electrons. The van der Waals surface area contributed by atoms with Gasteiger partial charge in [0.2, 0.25) is 0 Å². The van der Waals surface area contributed by atoms with E-state index < -0.39 is 42.8 Å². The fraction of sp³-hybridized carbons (Fsp3) is 0.974. The molecule has 4 saturated heterocycles. The molecule has 0 bridgehead atoms. The monoisotopic (exact) mass is 758 g/mol. The molecular weight excluding hydrogens is 685 g/mol. The Morgan fingerprint density at radius 1 is 0.820 bits per heavy atom. The smallest absolute Gasteiger partial charge is 0.306 e. The highest BCUT2D eigenvalue weighted by atomic mass is 28.4. The first-order valence-electron chi connectivity index (χ1n) is 20.2. The Labute approximate surface area is 307 Å². The molecule has 12 heteroatoms. The van der Waals surface area contributed by atoms with Gasteiger partial charge in [-0.05, 0) is 66.2 Å². The third kappa shape index (κ3) is 9.20. The minimum absolute atomic E-state index is 0.0137. The molecule has 1 N–H and O–H groups in total. The number of hydrogen-bond donors (Lipinski definition) is 1. The third-order valence-electron chi connectivity index (χ3n) is 13.7. The van der Waals surface area contributed by atoms with Crippen molar-refractivity contribution < 1.29 is 42.1 Å². The van der Waals surface area contributed by atoms with Crippen LogP contribution in [0.1, 0.15) is 108 Å². The van der Waals surface area contributed by atoms with Crippen LogP contribution in [0.3, 0.4) is 0 Å². The van der Waals surface area contributed by atoms with Crippen molar-refractivity contribution in [2.45, 2.75) is 217 Å². The van der Waals surface area contributed by atoms with E-state index in [0.717, 1.165) is 49.1 Å². The molecule has 0 amide bonds. The topological polar surface area (TPSA) is 102 Å². The summed E-state index contributed by atoms with van der Waals surface area (Å²) in [7, 11) is -5.92.